The van der Waals surface area contributed by atoms with Crippen molar-refractivity contribution in [3.05, 3.63) is 48.0 Å². The van der Waals surface area contributed by atoms with Crippen molar-refractivity contribution in [2.75, 3.05) is 33.9 Å². The lowest BCUT2D eigenvalue weighted by Crippen LogP contribution is -2.27. The molecule has 6 nitrogen and oxygen atoms in total. The Morgan fingerprint density at radius 3 is 2.35 bits per heavy atom. The third-order valence-corrected chi connectivity index (χ3v) is 4.98. The van der Waals surface area contributed by atoms with Crippen LogP contribution in [0.4, 0.5) is 0 Å². The maximum absolute atomic E-state index is 8.89. The van der Waals surface area contributed by atoms with Crippen LogP contribution in [0.2, 0.25) is 0 Å². The molecule has 0 fully saturated rings. The third-order valence-electron chi connectivity index (χ3n) is 4.98. The summed E-state index contributed by atoms with van der Waals surface area (Å²) in [6.07, 6.45) is 2.37. The van der Waals surface area contributed by atoms with Gasteiger partial charge in [0.15, 0.2) is 23.0 Å². The molecule has 2 aromatic carbocycles. The summed E-state index contributed by atoms with van der Waals surface area (Å²) in [6, 6.07) is 15.5. The number of benzene rings is 2. The van der Waals surface area contributed by atoms with Crippen LogP contribution in [0.1, 0.15) is 32.3 Å². The fraction of sp³-hybridized carbons (Fsp3) is 0.480. The van der Waals surface area contributed by atoms with Crippen molar-refractivity contribution in [1.82, 2.24) is 5.32 Å². The van der Waals surface area contributed by atoms with Gasteiger partial charge in [-0.05, 0) is 55.1 Å². The Hall–Kier alpha value is -2.91. The van der Waals surface area contributed by atoms with Gasteiger partial charge in [-0.25, -0.2) is 0 Å². The molecular formula is C25H34N2O4. The molecule has 0 saturated carbocycles. The number of para-hydroxylation sites is 2. The minimum absolute atomic E-state index is 0.0855. The van der Waals surface area contributed by atoms with Gasteiger partial charge >= 0.3 is 0 Å². The second-order valence-corrected chi connectivity index (χ2v) is 7.61. The molecule has 0 amide bonds. The highest BCUT2D eigenvalue weighted by atomic mass is 16.5. The Kier molecular flexibility index (Phi) is 10.5. The first-order chi connectivity index (χ1) is 15.1. The maximum Gasteiger partial charge on any atom is 0.161 e. The second-order valence-electron chi connectivity index (χ2n) is 7.61. The molecule has 1 N–H and O–H groups in total. The van der Waals surface area contributed by atoms with E-state index in [1.54, 1.807) is 14.2 Å². The van der Waals surface area contributed by atoms with E-state index in [0.717, 1.165) is 48.7 Å². The first-order valence-corrected chi connectivity index (χ1v) is 10.8. The van der Waals surface area contributed by atoms with Crippen LogP contribution in [0.25, 0.3) is 0 Å². The number of nitrogens with one attached hydrogen (secondary N) is 1. The van der Waals surface area contributed by atoms with Gasteiger partial charge in [0.05, 0.1) is 26.7 Å². The van der Waals surface area contributed by atoms with Gasteiger partial charge in [0.25, 0.3) is 0 Å². The molecule has 0 saturated heterocycles. The smallest absolute Gasteiger partial charge is 0.161 e. The average molecular weight is 427 g/mol. The minimum atomic E-state index is 0.0855. The number of nitriles is 1. The Labute approximate surface area is 186 Å². The molecule has 0 aliphatic heterocycles. The van der Waals surface area contributed by atoms with Crippen molar-refractivity contribution in [2.45, 2.75) is 39.2 Å². The molecule has 0 bridgehead atoms. The van der Waals surface area contributed by atoms with E-state index in [9.17, 15) is 0 Å². The van der Waals surface area contributed by atoms with Crippen molar-refractivity contribution in [3.8, 4) is 29.1 Å². The fourth-order valence-electron chi connectivity index (χ4n) is 3.23. The monoisotopic (exact) mass is 426 g/mol. The quantitative estimate of drug-likeness (QED) is 0.444. The number of nitrogens with zero attached hydrogens (tertiary/aromatic N) is 1. The predicted molar refractivity (Wildman–Crippen MR) is 122 cm³/mol. The molecule has 6 heteroatoms. The van der Waals surface area contributed by atoms with Gasteiger partial charge in [-0.15, -0.1) is 0 Å². The lowest BCUT2D eigenvalue weighted by atomic mass is 10.0. The molecule has 168 valence electrons. The molecule has 0 radical (unpaired) electrons. The first kappa shape index (κ1) is 24.4. The Morgan fingerprint density at radius 1 is 0.935 bits per heavy atom. The van der Waals surface area contributed by atoms with E-state index < -0.39 is 0 Å². The number of methoxy groups -OCH3 is 2. The number of hydrogen-bond donors (Lipinski definition) is 1. The van der Waals surface area contributed by atoms with Crippen LogP contribution in [0.5, 0.6) is 23.0 Å². The van der Waals surface area contributed by atoms with Gasteiger partial charge in [0, 0.05) is 6.54 Å². The molecule has 0 aliphatic carbocycles. The van der Waals surface area contributed by atoms with Crippen LogP contribution in [-0.2, 0) is 6.42 Å². The van der Waals surface area contributed by atoms with Crippen molar-refractivity contribution in [3.63, 3.8) is 0 Å². The van der Waals surface area contributed by atoms with E-state index in [-0.39, 0.29) is 6.10 Å². The zero-order valence-corrected chi connectivity index (χ0v) is 19.0. The lowest BCUT2D eigenvalue weighted by molar-refractivity contribution is 0.134. The number of ether oxygens (including phenoxy) is 4. The second kappa shape index (κ2) is 13.4. The topological polar surface area (TPSA) is 72.7 Å². The average Bonchev–Trinajstić information content (AvgIpc) is 2.78. The molecule has 0 aliphatic rings. The standard InChI is InChI=1S/C25H34N2O4/c1-19(2)21(31-24-12-11-20(13-14-26)18-25(24)29-4)10-7-15-27-16-17-30-23-9-6-5-8-22(23)28-3/h5-6,8-9,11-12,18-19,21,27H,7,10,13,15-17H2,1-4H3. The Balaban J connectivity index is 1.74. The molecule has 2 rings (SSSR count). The molecule has 1 atom stereocenters. The Bertz CT molecular complexity index is 833. The van der Waals surface area contributed by atoms with Crippen LogP contribution in [0, 0.1) is 17.2 Å². The third kappa shape index (κ3) is 8.03. The highest BCUT2D eigenvalue weighted by Crippen LogP contribution is 2.31. The van der Waals surface area contributed by atoms with Crippen molar-refractivity contribution >= 4 is 0 Å². The van der Waals surface area contributed by atoms with Crippen molar-refractivity contribution < 1.29 is 18.9 Å². The van der Waals surface area contributed by atoms with Crippen LogP contribution < -0.4 is 24.3 Å². The fourth-order valence-corrected chi connectivity index (χ4v) is 3.23. The van der Waals surface area contributed by atoms with E-state index in [2.05, 4.69) is 25.2 Å². The molecule has 2 aromatic rings. The summed E-state index contributed by atoms with van der Waals surface area (Å²) in [4.78, 5) is 0. The lowest BCUT2D eigenvalue weighted by Gasteiger charge is -2.24. The normalized spacial score (nSPS) is 11.6. The highest BCUT2D eigenvalue weighted by molar-refractivity contribution is 5.43. The van der Waals surface area contributed by atoms with Gasteiger partial charge < -0.3 is 24.3 Å². The number of hydrogen-bond acceptors (Lipinski definition) is 6. The zero-order valence-electron chi connectivity index (χ0n) is 19.0. The molecule has 0 heterocycles. The van der Waals surface area contributed by atoms with Gasteiger partial charge in [0.2, 0.25) is 0 Å². The molecule has 31 heavy (non-hydrogen) atoms. The van der Waals surface area contributed by atoms with Crippen LogP contribution in [0.3, 0.4) is 0 Å². The van der Waals surface area contributed by atoms with Gasteiger partial charge in [0.1, 0.15) is 12.7 Å². The molecule has 0 aromatic heterocycles. The van der Waals surface area contributed by atoms with Crippen LogP contribution in [-0.4, -0.2) is 40.0 Å². The van der Waals surface area contributed by atoms with Crippen LogP contribution >= 0.6 is 0 Å². The molecule has 1 unspecified atom stereocenters. The molecular weight excluding hydrogens is 392 g/mol. The summed E-state index contributed by atoms with van der Waals surface area (Å²) in [6.45, 7) is 6.56. The van der Waals surface area contributed by atoms with E-state index in [1.807, 2.05) is 42.5 Å². The summed E-state index contributed by atoms with van der Waals surface area (Å²) in [5, 5.41) is 12.3. The summed E-state index contributed by atoms with van der Waals surface area (Å²) in [5.41, 5.74) is 0.923. The van der Waals surface area contributed by atoms with E-state index in [1.165, 1.54) is 0 Å². The summed E-state index contributed by atoms with van der Waals surface area (Å²) >= 11 is 0. The SMILES string of the molecule is COc1ccccc1OCCNCCCC(Oc1ccc(CC#N)cc1OC)C(C)C. The van der Waals surface area contributed by atoms with Crippen molar-refractivity contribution in [2.24, 2.45) is 5.92 Å². The van der Waals surface area contributed by atoms with E-state index in [4.69, 9.17) is 24.2 Å². The summed E-state index contributed by atoms with van der Waals surface area (Å²) < 4.78 is 22.8. The minimum Gasteiger partial charge on any atom is -0.493 e. The highest BCUT2D eigenvalue weighted by Gasteiger charge is 2.17. The van der Waals surface area contributed by atoms with Gasteiger partial charge in [-0.3, -0.25) is 0 Å². The largest absolute Gasteiger partial charge is 0.493 e. The van der Waals surface area contributed by atoms with Gasteiger partial charge in [-0.2, -0.15) is 5.26 Å². The maximum atomic E-state index is 8.89. The first-order valence-electron chi connectivity index (χ1n) is 10.8. The molecule has 0 spiro atoms. The summed E-state index contributed by atoms with van der Waals surface area (Å²) in [5.74, 6) is 3.27. The predicted octanol–water partition coefficient (Wildman–Crippen LogP) is 4.62. The van der Waals surface area contributed by atoms with E-state index >= 15 is 0 Å². The number of rotatable bonds is 14. The van der Waals surface area contributed by atoms with E-state index in [0.29, 0.717) is 24.7 Å². The summed E-state index contributed by atoms with van der Waals surface area (Å²) in [7, 11) is 3.27. The zero-order chi connectivity index (χ0) is 22.5. The van der Waals surface area contributed by atoms with Gasteiger partial charge in [-0.1, -0.05) is 32.0 Å². The Morgan fingerprint density at radius 2 is 1.68 bits per heavy atom. The van der Waals surface area contributed by atoms with Crippen molar-refractivity contribution in [1.29, 1.82) is 5.26 Å². The van der Waals surface area contributed by atoms with Crippen LogP contribution in [0.15, 0.2) is 42.5 Å².